The molecule has 29 heavy (non-hydrogen) atoms. The Morgan fingerprint density at radius 2 is 1.90 bits per heavy atom. The molecule has 0 radical (unpaired) electrons. The van der Waals surface area contributed by atoms with Crippen LogP contribution in [0.3, 0.4) is 0 Å². The fourth-order valence-electron chi connectivity index (χ4n) is 4.64. The SMILES string of the molecule is CC(C)CS(=O)(=O)c1ncc(CN2CCN3CCCC3C2)n1Cc1ccccc1. The van der Waals surface area contributed by atoms with Crippen LogP contribution >= 0.6 is 0 Å². The second kappa shape index (κ2) is 8.58. The van der Waals surface area contributed by atoms with Crippen LogP contribution in [-0.2, 0) is 22.9 Å². The van der Waals surface area contributed by atoms with Gasteiger partial charge < -0.3 is 4.57 Å². The first-order valence-corrected chi connectivity index (χ1v) is 12.3. The lowest BCUT2D eigenvalue weighted by atomic mass is 10.1. The summed E-state index contributed by atoms with van der Waals surface area (Å²) in [6.45, 7) is 9.57. The summed E-state index contributed by atoms with van der Waals surface area (Å²) in [5.41, 5.74) is 2.08. The highest BCUT2D eigenvalue weighted by Gasteiger charge is 2.31. The summed E-state index contributed by atoms with van der Waals surface area (Å²) in [6, 6.07) is 10.7. The van der Waals surface area contributed by atoms with Crippen molar-refractivity contribution in [3.8, 4) is 0 Å². The highest BCUT2D eigenvalue weighted by molar-refractivity contribution is 7.91. The third kappa shape index (κ3) is 4.73. The van der Waals surface area contributed by atoms with Crippen LogP contribution in [0.1, 0.15) is 37.9 Å². The average molecular weight is 417 g/mol. The first-order chi connectivity index (χ1) is 13.9. The van der Waals surface area contributed by atoms with E-state index in [1.165, 1.54) is 19.4 Å². The Labute approximate surface area is 174 Å². The third-order valence-corrected chi connectivity index (χ3v) is 7.96. The molecule has 0 N–H and O–H groups in total. The molecule has 1 aromatic carbocycles. The number of imidazole rings is 1. The van der Waals surface area contributed by atoms with Crippen molar-refractivity contribution >= 4 is 9.84 Å². The maximum Gasteiger partial charge on any atom is 0.228 e. The molecule has 2 fully saturated rings. The Bertz CT molecular complexity index is 924. The van der Waals surface area contributed by atoms with E-state index < -0.39 is 9.84 Å². The highest BCUT2D eigenvalue weighted by Crippen LogP contribution is 2.24. The maximum absolute atomic E-state index is 13.0. The summed E-state index contributed by atoms with van der Waals surface area (Å²) >= 11 is 0. The Hall–Kier alpha value is -1.70. The zero-order chi connectivity index (χ0) is 20.4. The number of aromatic nitrogens is 2. The number of piperazine rings is 1. The molecule has 158 valence electrons. The standard InChI is InChI=1S/C22H32N4O2S/c1-18(2)17-29(27,28)22-23-13-21(26(22)14-19-7-4-3-5-8-19)16-24-11-12-25-10-6-9-20(25)15-24/h3-5,7-8,13,18,20H,6,9-12,14-17H2,1-2H3. The van der Waals surface area contributed by atoms with E-state index in [-0.39, 0.29) is 16.8 Å². The number of rotatable bonds is 7. The number of hydrogen-bond donors (Lipinski definition) is 0. The van der Waals surface area contributed by atoms with Crippen molar-refractivity contribution < 1.29 is 8.42 Å². The lowest BCUT2D eigenvalue weighted by Crippen LogP contribution is -2.49. The normalized spacial score (nSPS) is 21.0. The van der Waals surface area contributed by atoms with Crippen LogP contribution in [-0.4, -0.2) is 65.7 Å². The third-order valence-electron chi connectivity index (χ3n) is 5.97. The summed E-state index contributed by atoms with van der Waals surface area (Å²) in [7, 11) is -3.42. The van der Waals surface area contributed by atoms with Gasteiger partial charge in [-0.25, -0.2) is 13.4 Å². The first kappa shape index (κ1) is 20.6. The van der Waals surface area contributed by atoms with Crippen molar-refractivity contribution in [2.24, 2.45) is 5.92 Å². The molecule has 2 saturated heterocycles. The van der Waals surface area contributed by atoms with Crippen LogP contribution in [0.5, 0.6) is 0 Å². The van der Waals surface area contributed by atoms with Crippen molar-refractivity contribution in [2.75, 3.05) is 31.9 Å². The van der Waals surface area contributed by atoms with Gasteiger partial charge in [-0.3, -0.25) is 9.80 Å². The molecule has 1 aromatic heterocycles. The fourth-order valence-corrected chi connectivity index (χ4v) is 6.40. The topological polar surface area (TPSA) is 58.4 Å². The van der Waals surface area contributed by atoms with Crippen molar-refractivity contribution in [3.05, 3.63) is 47.8 Å². The van der Waals surface area contributed by atoms with Gasteiger partial charge in [0.05, 0.1) is 24.2 Å². The fraction of sp³-hybridized carbons (Fsp3) is 0.591. The van der Waals surface area contributed by atoms with E-state index in [0.717, 1.165) is 37.4 Å². The maximum atomic E-state index is 13.0. The molecule has 4 rings (SSSR count). The minimum absolute atomic E-state index is 0.0702. The Morgan fingerprint density at radius 1 is 1.10 bits per heavy atom. The van der Waals surface area contributed by atoms with Gasteiger partial charge in [0, 0.05) is 32.2 Å². The lowest BCUT2D eigenvalue weighted by Gasteiger charge is -2.37. The number of nitrogens with zero attached hydrogens (tertiary/aromatic N) is 4. The average Bonchev–Trinajstić information content (AvgIpc) is 3.29. The zero-order valence-corrected chi connectivity index (χ0v) is 18.3. The summed E-state index contributed by atoms with van der Waals surface area (Å²) in [4.78, 5) is 9.46. The predicted molar refractivity (Wildman–Crippen MR) is 115 cm³/mol. The van der Waals surface area contributed by atoms with E-state index in [0.29, 0.717) is 12.6 Å². The van der Waals surface area contributed by atoms with Crippen LogP contribution < -0.4 is 0 Å². The predicted octanol–water partition coefficient (Wildman–Crippen LogP) is 2.64. The number of fused-ring (bicyclic) bond motifs is 1. The molecule has 0 spiro atoms. The van der Waals surface area contributed by atoms with Crippen LogP contribution in [0.4, 0.5) is 0 Å². The van der Waals surface area contributed by atoms with Crippen molar-refractivity contribution in [3.63, 3.8) is 0 Å². The molecule has 0 bridgehead atoms. The largest absolute Gasteiger partial charge is 0.313 e. The molecule has 1 unspecified atom stereocenters. The summed E-state index contributed by atoms with van der Waals surface area (Å²) in [5.74, 6) is 0.194. The minimum atomic E-state index is -3.42. The molecule has 3 heterocycles. The highest BCUT2D eigenvalue weighted by atomic mass is 32.2. The molecular weight excluding hydrogens is 384 g/mol. The number of benzene rings is 1. The van der Waals surface area contributed by atoms with E-state index >= 15 is 0 Å². The van der Waals surface area contributed by atoms with Gasteiger partial charge in [0.15, 0.2) is 0 Å². The molecule has 7 heteroatoms. The molecule has 2 aromatic rings. The van der Waals surface area contributed by atoms with E-state index in [1.54, 1.807) is 6.20 Å². The molecule has 0 aliphatic carbocycles. The van der Waals surface area contributed by atoms with Gasteiger partial charge in [-0.1, -0.05) is 44.2 Å². The van der Waals surface area contributed by atoms with Crippen molar-refractivity contribution in [2.45, 2.75) is 51.0 Å². The van der Waals surface area contributed by atoms with E-state index in [2.05, 4.69) is 14.8 Å². The molecule has 1 atom stereocenters. The van der Waals surface area contributed by atoms with Crippen molar-refractivity contribution in [1.82, 2.24) is 19.4 Å². The second-order valence-corrected chi connectivity index (χ2v) is 10.8. The van der Waals surface area contributed by atoms with Gasteiger partial charge in [0.25, 0.3) is 0 Å². The van der Waals surface area contributed by atoms with Gasteiger partial charge in [-0.2, -0.15) is 0 Å². The molecule has 2 aliphatic heterocycles. The van der Waals surface area contributed by atoms with Gasteiger partial charge in [0.2, 0.25) is 15.0 Å². The van der Waals surface area contributed by atoms with E-state index in [1.807, 2.05) is 48.7 Å². The quantitative estimate of drug-likeness (QED) is 0.695. The van der Waals surface area contributed by atoms with Crippen LogP contribution in [0, 0.1) is 5.92 Å². The molecule has 0 amide bonds. The monoisotopic (exact) mass is 416 g/mol. The zero-order valence-electron chi connectivity index (χ0n) is 17.5. The summed E-state index contributed by atoms with van der Waals surface area (Å²) in [5, 5.41) is 0.213. The van der Waals surface area contributed by atoms with Crippen LogP contribution in [0.15, 0.2) is 41.7 Å². The molecule has 6 nitrogen and oxygen atoms in total. The molecule has 0 saturated carbocycles. The Balaban J connectivity index is 1.61. The minimum Gasteiger partial charge on any atom is -0.313 e. The smallest absolute Gasteiger partial charge is 0.228 e. The summed E-state index contributed by atoms with van der Waals surface area (Å²) < 4.78 is 27.9. The lowest BCUT2D eigenvalue weighted by molar-refractivity contribution is 0.0975. The Morgan fingerprint density at radius 3 is 2.66 bits per heavy atom. The molecular formula is C22H32N4O2S. The van der Waals surface area contributed by atoms with E-state index in [4.69, 9.17) is 0 Å². The van der Waals surface area contributed by atoms with Crippen molar-refractivity contribution in [1.29, 1.82) is 0 Å². The van der Waals surface area contributed by atoms with E-state index in [9.17, 15) is 8.42 Å². The van der Waals surface area contributed by atoms with Gasteiger partial charge in [-0.05, 0) is 30.9 Å². The molecule has 2 aliphatic rings. The summed E-state index contributed by atoms with van der Waals surface area (Å²) in [6.07, 6.45) is 4.34. The Kier molecular flexibility index (Phi) is 6.08. The van der Waals surface area contributed by atoms with Gasteiger partial charge in [0.1, 0.15) is 0 Å². The van der Waals surface area contributed by atoms with Gasteiger partial charge >= 0.3 is 0 Å². The number of sulfone groups is 1. The first-order valence-electron chi connectivity index (χ1n) is 10.7. The second-order valence-electron chi connectivity index (χ2n) is 8.85. The van der Waals surface area contributed by atoms with Crippen LogP contribution in [0.25, 0.3) is 0 Å². The van der Waals surface area contributed by atoms with Gasteiger partial charge in [-0.15, -0.1) is 0 Å². The number of hydrogen-bond acceptors (Lipinski definition) is 5. The van der Waals surface area contributed by atoms with Crippen LogP contribution in [0.2, 0.25) is 0 Å².